The molecule has 0 spiro atoms. The molecule has 1 aromatic carbocycles. The lowest BCUT2D eigenvalue weighted by molar-refractivity contribution is -0.137. The zero-order valence-electron chi connectivity index (χ0n) is 13.6. The van der Waals surface area contributed by atoms with Crippen molar-refractivity contribution in [1.29, 1.82) is 0 Å². The molecule has 4 nitrogen and oxygen atoms in total. The first-order chi connectivity index (χ1) is 12.0. The Morgan fingerprint density at radius 1 is 1.16 bits per heavy atom. The summed E-state index contributed by atoms with van der Waals surface area (Å²) in [6.45, 7) is 2.00. The van der Waals surface area contributed by atoms with E-state index < -0.39 is 11.7 Å². The maximum absolute atomic E-state index is 12.8. The van der Waals surface area contributed by atoms with Crippen LogP contribution in [-0.2, 0) is 17.5 Å². The van der Waals surface area contributed by atoms with Crippen molar-refractivity contribution in [2.75, 3.05) is 13.2 Å². The normalized spacial score (nSPS) is 16.0. The second-order valence-corrected chi connectivity index (χ2v) is 5.86. The summed E-state index contributed by atoms with van der Waals surface area (Å²) in [5.74, 6) is 0.419. The summed E-state index contributed by atoms with van der Waals surface area (Å²) in [6, 6.07) is 8.78. The van der Waals surface area contributed by atoms with E-state index in [0.29, 0.717) is 18.5 Å². The van der Waals surface area contributed by atoms with Gasteiger partial charge in [0.25, 0.3) is 0 Å². The van der Waals surface area contributed by atoms with E-state index in [-0.39, 0.29) is 5.75 Å². The number of benzene rings is 1. The van der Waals surface area contributed by atoms with Crippen LogP contribution in [0.1, 0.15) is 24.0 Å². The largest absolute Gasteiger partial charge is 0.439 e. The molecular formula is C18H19F3N2O2. The fraction of sp³-hybridized carbons (Fsp3) is 0.389. The number of halogens is 3. The third-order valence-corrected chi connectivity index (χ3v) is 4.03. The molecule has 1 fully saturated rings. The molecular weight excluding hydrogens is 333 g/mol. The number of ether oxygens (including phenoxy) is 2. The quantitative estimate of drug-likeness (QED) is 0.877. The Kier molecular flexibility index (Phi) is 5.55. The van der Waals surface area contributed by atoms with E-state index in [4.69, 9.17) is 9.47 Å². The van der Waals surface area contributed by atoms with Crippen molar-refractivity contribution in [3.05, 3.63) is 53.7 Å². The zero-order valence-corrected chi connectivity index (χ0v) is 13.6. The predicted molar refractivity (Wildman–Crippen MR) is 86.4 cm³/mol. The van der Waals surface area contributed by atoms with Crippen LogP contribution < -0.4 is 10.1 Å². The van der Waals surface area contributed by atoms with E-state index in [1.165, 1.54) is 12.1 Å². The van der Waals surface area contributed by atoms with Crippen molar-refractivity contribution in [3.8, 4) is 11.6 Å². The van der Waals surface area contributed by atoms with Gasteiger partial charge in [-0.25, -0.2) is 4.98 Å². The van der Waals surface area contributed by atoms with Crippen molar-refractivity contribution in [3.63, 3.8) is 0 Å². The monoisotopic (exact) mass is 352 g/mol. The Morgan fingerprint density at radius 2 is 1.96 bits per heavy atom. The minimum atomic E-state index is -4.41. The van der Waals surface area contributed by atoms with Gasteiger partial charge in [0, 0.05) is 37.6 Å². The lowest BCUT2D eigenvalue weighted by atomic mass is 10.1. The Balaban J connectivity index is 1.70. The molecule has 1 N–H and O–H groups in total. The van der Waals surface area contributed by atoms with Gasteiger partial charge in [0.05, 0.1) is 5.56 Å². The number of pyridine rings is 1. The minimum Gasteiger partial charge on any atom is -0.439 e. The van der Waals surface area contributed by atoms with E-state index in [9.17, 15) is 13.2 Å². The molecule has 3 rings (SSSR count). The summed E-state index contributed by atoms with van der Waals surface area (Å²) in [7, 11) is 0. The average molecular weight is 352 g/mol. The molecule has 1 aromatic heterocycles. The fourth-order valence-electron chi connectivity index (χ4n) is 2.65. The first kappa shape index (κ1) is 17.7. The number of aromatic nitrogens is 1. The third-order valence-electron chi connectivity index (χ3n) is 4.03. The van der Waals surface area contributed by atoms with E-state index in [1.807, 2.05) is 6.07 Å². The van der Waals surface area contributed by atoms with Gasteiger partial charge in [-0.15, -0.1) is 0 Å². The Labute approximate surface area is 144 Å². The molecule has 0 bridgehead atoms. The van der Waals surface area contributed by atoms with Crippen LogP contribution in [0.25, 0.3) is 0 Å². The molecule has 2 heterocycles. The van der Waals surface area contributed by atoms with Crippen molar-refractivity contribution >= 4 is 0 Å². The minimum absolute atomic E-state index is 0.112. The van der Waals surface area contributed by atoms with Crippen LogP contribution in [0.15, 0.2) is 42.6 Å². The summed E-state index contributed by atoms with van der Waals surface area (Å²) in [6.07, 6.45) is -0.980. The first-order valence-electron chi connectivity index (χ1n) is 8.12. The molecule has 2 aromatic rings. The third kappa shape index (κ3) is 4.93. The first-order valence-corrected chi connectivity index (χ1v) is 8.12. The number of rotatable bonds is 5. The molecule has 1 saturated heterocycles. The summed E-state index contributed by atoms with van der Waals surface area (Å²) in [4.78, 5) is 4.16. The van der Waals surface area contributed by atoms with E-state index in [2.05, 4.69) is 10.3 Å². The van der Waals surface area contributed by atoms with Crippen LogP contribution in [0.5, 0.6) is 11.6 Å². The van der Waals surface area contributed by atoms with Crippen molar-refractivity contribution < 1.29 is 22.6 Å². The summed E-state index contributed by atoms with van der Waals surface area (Å²) in [5.41, 5.74) is 0.0502. The lowest BCUT2D eigenvalue weighted by Gasteiger charge is -2.23. The van der Waals surface area contributed by atoms with Crippen LogP contribution in [-0.4, -0.2) is 24.2 Å². The molecule has 0 amide bonds. The SMILES string of the molecule is FC(F)(F)c1cccc(Oc2ncccc2CNC2CCOCC2)c1. The Morgan fingerprint density at radius 3 is 2.72 bits per heavy atom. The van der Waals surface area contributed by atoms with Gasteiger partial charge >= 0.3 is 6.18 Å². The zero-order chi connectivity index (χ0) is 17.7. The Bertz CT molecular complexity index is 701. The number of nitrogens with one attached hydrogen (secondary N) is 1. The molecule has 0 unspecified atom stereocenters. The highest BCUT2D eigenvalue weighted by Crippen LogP contribution is 2.32. The van der Waals surface area contributed by atoms with E-state index >= 15 is 0 Å². The van der Waals surface area contributed by atoms with E-state index in [0.717, 1.165) is 43.8 Å². The van der Waals surface area contributed by atoms with Crippen LogP contribution in [0.2, 0.25) is 0 Å². The van der Waals surface area contributed by atoms with Gasteiger partial charge in [-0.05, 0) is 37.1 Å². The number of nitrogens with zero attached hydrogens (tertiary/aromatic N) is 1. The van der Waals surface area contributed by atoms with Crippen LogP contribution in [0.3, 0.4) is 0 Å². The predicted octanol–water partition coefficient (Wildman–Crippen LogP) is 4.16. The van der Waals surface area contributed by atoms with Crippen molar-refractivity contribution in [2.45, 2.75) is 31.6 Å². The topological polar surface area (TPSA) is 43.4 Å². The van der Waals surface area contributed by atoms with Gasteiger partial charge in [-0.3, -0.25) is 0 Å². The van der Waals surface area contributed by atoms with Gasteiger partial charge in [0.2, 0.25) is 5.88 Å². The summed E-state index contributed by atoms with van der Waals surface area (Å²) in [5, 5.41) is 3.42. The van der Waals surface area contributed by atoms with Crippen molar-refractivity contribution in [1.82, 2.24) is 10.3 Å². The maximum atomic E-state index is 12.8. The summed E-state index contributed by atoms with van der Waals surface area (Å²) >= 11 is 0. The molecule has 25 heavy (non-hydrogen) atoms. The van der Waals surface area contributed by atoms with Gasteiger partial charge < -0.3 is 14.8 Å². The molecule has 0 saturated carbocycles. The molecule has 7 heteroatoms. The molecule has 0 atom stereocenters. The summed E-state index contributed by atoms with van der Waals surface area (Å²) < 4.78 is 49.4. The molecule has 1 aliphatic rings. The van der Waals surface area contributed by atoms with Gasteiger partial charge in [-0.1, -0.05) is 12.1 Å². The van der Waals surface area contributed by atoms with Gasteiger partial charge in [0.15, 0.2) is 0 Å². The number of hydrogen-bond donors (Lipinski definition) is 1. The Hall–Kier alpha value is -2.12. The van der Waals surface area contributed by atoms with E-state index in [1.54, 1.807) is 12.3 Å². The number of hydrogen-bond acceptors (Lipinski definition) is 4. The smallest absolute Gasteiger partial charge is 0.416 e. The second-order valence-electron chi connectivity index (χ2n) is 5.86. The molecule has 1 aliphatic heterocycles. The van der Waals surface area contributed by atoms with Crippen LogP contribution in [0, 0.1) is 0 Å². The standard InChI is InChI=1S/C18H19F3N2O2/c19-18(20,21)14-4-1-5-16(11-14)25-17-13(3-2-8-22-17)12-23-15-6-9-24-10-7-15/h1-5,8,11,15,23H,6-7,9-10,12H2. The number of alkyl halides is 3. The second kappa shape index (κ2) is 7.84. The average Bonchev–Trinajstić information content (AvgIpc) is 2.61. The van der Waals surface area contributed by atoms with Gasteiger partial charge in [0.1, 0.15) is 5.75 Å². The van der Waals surface area contributed by atoms with Crippen LogP contribution in [0.4, 0.5) is 13.2 Å². The lowest BCUT2D eigenvalue weighted by Crippen LogP contribution is -2.34. The van der Waals surface area contributed by atoms with Crippen LogP contribution >= 0.6 is 0 Å². The molecule has 0 radical (unpaired) electrons. The maximum Gasteiger partial charge on any atom is 0.416 e. The highest BCUT2D eigenvalue weighted by atomic mass is 19.4. The highest BCUT2D eigenvalue weighted by molar-refractivity contribution is 5.35. The fourth-order valence-corrected chi connectivity index (χ4v) is 2.65. The van der Waals surface area contributed by atoms with Gasteiger partial charge in [-0.2, -0.15) is 13.2 Å². The van der Waals surface area contributed by atoms with Crippen molar-refractivity contribution in [2.24, 2.45) is 0 Å². The molecule has 134 valence electrons. The highest BCUT2D eigenvalue weighted by Gasteiger charge is 2.30. The molecule has 0 aliphatic carbocycles.